The highest BCUT2D eigenvalue weighted by Crippen LogP contribution is 2.22. The Hall–Kier alpha value is -1.53. The lowest BCUT2D eigenvalue weighted by molar-refractivity contribution is 0.598. The lowest BCUT2D eigenvalue weighted by Crippen LogP contribution is -2.09. The average Bonchev–Trinajstić information content (AvgIpc) is 2.29. The third-order valence-electron chi connectivity index (χ3n) is 2.63. The van der Waals surface area contributed by atoms with Crippen LogP contribution in [0.4, 0.5) is 4.39 Å². The van der Waals surface area contributed by atoms with E-state index in [-0.39, 0.29) is 5.82 Å². The third kappa shape index (κ3) is 2.59. The van der Waals surface area contributed by atoms with Crippen LogP contribution in [0.15, 0.2) is 42.5 Å². The van der Waals surface area contributed by atoms with Crippen LogP contribution >= 0.6 is 7.80 Å². The zero-order valence-corrected chi connectivity index (χ0v) is 10.7. The number of rotatable bonds is 2. The molecule has 1 unspecified atom stereocenters. The van der Waals surface area contributed by atoms with Crippen molar-refractivity contribution in [1.82, 2.24) is 0 Å². The third-order valence-corrected chi connectivity index (χ3v) is 4.34. The van der Waals surface area contributed by atoms with E-state index in [1.165, 1.54) is 12.1 Å². The van der Waals surface area contributed by atoms with Crippen molar-refractivity contribution < 1.29 is 8.96 Å². The molecule has 0 spiro atoms. The maximum absolute atomic E-state index is 12.8. The first-order valence-electron chi connectivity index (χ1n) is 5.38. The molecular formula is C14H13FOP+. The maximum atomic E-state index is 12.8. The van der Waals surface area contributed by atoms with Crippen LogP contribution in [0.2, 0.25) is 0 Å². The molecule has 2 aromatic rings. The van der Waals surface area contributed by atoms with Gasteiger partial charge in [0.05, 0.1) is 0 Å². The van der Waals surface area contributed by atoms with Crippen LogP contribution in [0.25, 0.3) is 0 Å². The molecule has 1 nitrogen and oxygen atoms in total. The van der Waals surface area contributed by atoms with Gasteiger partial charge in [-0.25, -0.2) is 4.39 Å². The maximum Gasteiger partial charge on any atom is 0.415 e. The first-order chi connectivity index (χ1) is 8.08. The molecule has 0 N–H and O–H groups in total. The van der Waals surface area contributed by atoms with Gasteiger partial charge in [-0.3, -0.25) is 0 Å². The van der Waals surface area contributed by atoms with Crippen molar-refractivity contribution >= 4 is 18.4 Å². The molecule has 0 saturated heterocycles. The van der Waals surface area contributed by atoms with E-state index in [1.807, 2.05) is 32.0 Å². The Morgan fingerprint density at radius 3 is 2.24 bits per heavy atom. The van der Waals surface area contributed by atoms with Gasteiger partial charge in [0.2, 0.25) is 0 Å². The number of hydrogen-bond acceptors (Lipinski definition) is 1. The van der Waals surface area contributed by atoms with Crippen LogP contribution in [0.1, 0.15) is 11.1 Å². The van der Waals surface area contributed by atoms with Gasteiger partial charge >= 0.3 is 7.80 Å². The summed E-state index contributed by atoms with van der Waals surface area (Å²) in [7, 11) is -1.63. The molecule has 0 fully saturated rings. The fourth-order valence-electron chi connectivity index (χ4n) is 1.75. The van der Waals surface area contributed by atoms with Crippen molar-refractivity contribution in [3.63, 3.8) is 0 Å². The number of halogens is 1. The van der Waals surface area contributed by atoms with Crippen LogP contribution in [-0.4, -0.2) is 0 Å². The van der Waals surface area contributed by atoms with Crippen LogP contribution in [0, 0.1) is 19.7 Å². The molecule has 2 aromatic carbocycles. The van der Waals surface area contributed by atoms with E-state index in [9.17, 15) is 8.96 Å². The van der Waals surface area contributed by atoms with E-state index < -0.39 is 7.80 Å². The minimum absolute atomic E-state index is 0.308. The van der Waals surface area contributed by atoms with Crippen molar-refractivity contribution in [2.75, 3.05) is 0 Å². The summed E-state index contributed by atoms with van der Waals surface area (Å²) in [5, 5.41) is 1.48. The topological polar surface area (TPSA) is 17.1 Å². The van der Waals surface area contributed by atoms with E-state index in [2.05, 4.69) is 0 Å². The SMILES string of the molecule is Cc1ccc([P+](=O)c2ccc(F)cc2)c(C)c1. The Kier molecular flexibility index (Phi) is 3.35. The predicted molar refractivity (Wildman–Crippen MR) is 69.2 cm³/mol. The van der Waals surface area contributed by atoms with E-state index >= 15 is 0 Å². The van der Waals surface area contributed by atoms with Crippen LogP contribution in [0.3, 0.4) is 0 Å². The standard InChI is InChI=1S/C14H13FOP/c1-10-3-8-14(11(2)9-10)17(16)13-6-4-12(15)5-7-13/h3-9H,1-2H3/q+1. The van der Waals surface area contributed by atoms with Gasteiger partial charge in [0, 0.05) is 5.56 Å². The quantitative estimate of drug-likeness (QED) is 0.745. The van der Waals surface area contributed by atoms with E-state index in [0.717, 1.165) is 16.4 Å². The molecule has 17 heavy (non-hydrogen) atoms. The Morgan fingerprint density at radius 1 is 1.00 bits per heavy atom. The zero-order valence-electron chi connectivity index (χ0n) is 9.77. The van der Waals surface area contributed by atoms with Crippen LogP contribution < -0.4 is 10.6 Å². The van der Waals surface area contributed by atoms with Crippen molar-refractivity contribution in [2.45, 2.75) is 13.8 Å². The monoisotopic (exact) mass is 247 g/mol. The number of aryl methyl sites for hydroxylation is 2. The van der Waals surface area contributed by atoms with Crippen LogP contribution in [0.5, 0.6) is 0 Å². The molecule has 0 amide bonds. The summed E-state index contributed by atoms with van der Waals surface area (Å²) < 4.78 is 25.1. The van der Waals surface area contributed by atoms with Crippen molar-refractivity contribution in [3.05, 3.63) is 59.4 Å². The molecule has 1 atom stereocenters. The zero-order chi connectivity index (χ0) is 12.4. The molecule has 0 aliphatic heterocycles. The second kappa shape index (κ2) is 4.77. The Balaban J connectivity index is 2.40. The first kappa shape index (κ1) is 11.9. The van der Waals surface area contributed by atoms with Crippen molar-refractivity contribution in [2.24, 2.45) is 0 Å². The summed E-state index contributed by atoms with van der Waals surface area (Å²) in [6.45, 7) is 3.95. The van der Waals surface area contributed by atoms with Crippen LogP contribution in [-0.2, 0) is 4.57 Å². The lowest BCUT2D eigenvalue weighted by atomic mass is 10.2. The summed E-state index contributed by atoms with van der Waals surface area (Å²) in [6.07, 6.45) is 0. The fourth-order valence-corrected chi connectivity index (χ4v) is 3.04. The predicted octanol–water partition coefficient (Wildman–Crippen LogP) is 3.22. The highest BCUT2D eigenvalue weighted by molar-refractivity contribution is 7.61. The molecule has 0 radical (unpaired) electrons. The highest BCUT2D eigenvalue weighted by atomic mass is 31.1. The van der Waals surface area contributed by atoms with Crippen molar-refractivity contribution in [1.29, 1.82) is 0 Å². The first-order valence-corrected chi connectivity index (χ1v) is 6.64. The largest absolute Gasteiger partial charge is 0.415 e. The molecule has 0 aliphatic carbocycles. The fraction of sp³-hybridized carbons (Fsp3) is 0.143. The summed E-state index contributed by atoms with van der Waals surface area (Å²) in [5.74, 6) is -0.308. The summed E-state index contributed by atoms with van der Waals surface area (Å²) in [4.78, 5) is 0. The molecule has 0 aromatic heterocycles. The average molecular weight is 247 g/mol. The van der Waals surface area contributed by atoms with Gasteiger partial charge in [0.15, 0.2) is 10.6 Å². The summed E-state index contributed by atoms with van der Waals surface area (Å²) >= 11 is 0. The molecule has 0 heterocycles. The highest BCUT2D eigenvalue weighted by Gasteiger charge is 2.25. The minimum Gasteiger partial charge on any atom is -0.207 e. The number of hydrogen-bond donors (Lipinski definition) is 0. The van der Waals surface area contributed by atoms with E-state index in [1.54, 1.807) is 12.1 Å². The van der Waals surface area contributed by atoms with Gasteiger partial charge in [-0.1, -0.05) is 22.3 Å². The smallest absolute Gasteiger partial charge is 0.207 e. The molecule has 0 aliphatic rings. The van der Waals surface area contributed by atoms with Gasteiger partial charge in [-0.05, 0) is 44.2 Å². The van der Waals surface area contributed by atoms with Gasteiger partial charge in [0.25, 0.3) is 0 Å². The Morgan fingerprint density at radius 2 is 1.65 bits per heavy atom. The lowest BCUT2D eigenvalue weighted by Gasteiger charge is -1.97. The molecule has 3 heteroatoms. The second-order valence-electron chi connectivity index (χ2n) is 4.06. The molecule has 86 valence electrons. The van der Waals surface area contributed by atoms with E-state index in [4.69, 9.17) is 0 Å². The number of benzene rings is 2. The summed E-state index contributed by atoms with van der Waals surface area (Å²) in [6, 6.07) is 11.7. The van der Waals surface area contributed by atoms with Gasteiger partial charge in [-0.15, -0.1) is 0 Å². The molecule has 0 saturated carbocycles. The molecule has 2 rings (SSSR count). The van der Waals surface area contributed by atoms with Gasteiger partial charge in [0.1, 0.15) is 5.82 Å². The van der Waals surface area contributed by atoms with Gasteiger partial charge < -0.3 is 0 Å². The molecular weight excluding hydrogens is 234 g/mol. The van der Waals surface area contributed by atoms with Crippen molar-refractivity contribution in [3.8, 4) is 0 Å². The Bertz CT molecular complexity index is 561. The second-order valence-corrected chi connectivity index (χ2v) is 5.65. The molecule has 0 bridgehead atoms. The Labute approximate surface area is 101 Å². The normalized spacial score (nSPS) is 11.4. The minimum atomic E-state index is -1.63. The van der Waals surface area contributed by atoms with Gasteiger partial charge in [-0.2, -0.15) is 0 Å². The summed E-state index contributed by atoms with van der Waals surface area (Å²) in [5.41, 5.74) is 2.16. The van der Waals surface area contributed by atoms with E-state index in [0.29, 0.717) is 5.30 Å².